The monoisotopic (exact) mass is 586 g/mol. The van der Waals surface area contributed by atoms with Crippen LogP contribution < -0.4 is 4.74 Å². The van der Waals surface area contributed by atoms with Crippen molar-refractivity contribution in [3.8, 4) is 11.5 Å². The first-order valence-electron chi connectivity index (χ1n) is 11.7. The van der Waals surface area contributed by atoms with E-state index in [-0.39, 0.29) is 16.1 Å². The summed E-state index contributed by atoms with van der Waals surface area (Å²) in [6, 6.07) is 27.4. The van der Waals surface area contributed by atoms with E-state index in [2.05, 4.69) is 13.8 Å². The van der Waals surface area contributed by atoms with E-state index in [0.717, 1.165) is 23.3 Å². The van der Waals surface area contributed by atoms with Crippen LogP contribution in [0.15, 0.2) is 118 Å². The predicted octanol–water partition coefficient (Wildman–Crippen LogP) is 5.26. The third kappa shape index (κ3) is 6.39. The molecule has 204 valence electrons. The molecule has 4 aromatic rings. The highest BCUT2D eigenvalue weighted by Crippen LogP contribution is 2.35. The van der Waals surface area contributed by atoms with Crippen molar-refractivity contribution in [1.29, 1.82) is 0 Å². The van der Waals surface area contributed by atoms with Gasteiger partial charge in [-0.05, 0) is 47.5 Å². The Bertz CT molecular complexity index is 1800. The quantitative estimate of drug-likeness (QED) is 0.263. The van der Waals surface area contributed by atoms with Gasteiger partial charge in [-0.1, -0.05) is 74.5 Å². The molecule has 0 radical (unpaired) electrons. The van der Waals surface area contributed by atoms with Crippen LogP contribution in [0, 0.1) is 0 Å². The van der Waals surface area contributed by atoms with Crippen molar-refractivity contribution >= 4 is 29.8 Å². The molecule has 0 unspecified atom stereocenters. The Balaban J connectivity index is 1.73. The van der Waals surface area contributed by atoms with Gasteiger partial charge in [0.2, 0.25) is 9.84 Å². The van der Waals surface area contributed by atoms with Crippen LogP contribution in [0.4, 0.5) is 0 Å². The molecule has 0 aliphatic heterocycles. The maximum absolute atomic E-state index is 13.3. The highest BCUT2D eigenvalue weighted by Gasteiger charge is 2.32. The maximum Gasteiger partial charge on any atom is 0.279 e. The Morgan fingerprint density at radius 3 is 1.72 bits per heavy atom. The van der Waals surface area contributed by atoms with Crippen molar-refractivity contribution < 1.29 is 34.5 Å². The molecule has 0 heterocycles. The molecule has 0 atom stereocenters. The summed E-state index contributed by atoms with van der Waals surface area (Å²) in [5, 5.41) is -1.69. The summed E-state index contributed by atoms with van der Waals surface area (Å²) < 4.78 is 90.4. The minimum atomic E-state index is -4.99. The lowest BCUT2D eigenvalue weighted by atomic mass is 9.78. The Morgan fingerprint density at radius 1 is 0.641 bits per heavy atom. The van der Waals surface area contributed by atoms with Gasteiger partial charge in [-0.2, -0.15) is 8.42 Å². The average molecular weight is 587 g/mol. The number of rotatable bonds is 9. The zero-order valence-electron chi connectivity index (χ0n) is 21.1. The van der Waals surface area contributed by atoms with E-state index < -0.39 is 44.7 Å². The summed E-state index contributed by atoms with van der Waals surface area (Å²) >= 11 is 0. The zero-order valence-corrected chi connectivity index (χ0v) is 23.5. The lowest BCUT2D eigenvalue weighted by Crippen LogP contribution is -2.19. The molecule has 4 rings (SSSR count). The van der Waals surface area contributed by atoms with Crippen molar-refractivity contribution in [1.82, 2.24) is 0 Å². The van der Waals surface area contributed by atoms with Crippen LogP contribution in [-0.2, 0) is 35.2 Å². The molecule has 0 bridgehead atoms. The maximum atomic E-state index is 13.3. The van der Waals surface area contributed by atoms with Crippen molar-refractivity contribution in [2.75, 3.05) is 5.08 Å². The molecule has 0 aliphatic rings. The molecule has 0 saturated heterocycles. The normalized spacial score (nSPS) is 12.7. The van der Waals surface area contributed by atoms with Gasteiger partial charge in [0, 0.05) is 11.5 Å². The van der Waals surface area contributed by atoms with Crippen LogP contribution in [0.5, 0.6) is 11.5 Å². The van der Waals surface area contributed by atoms with E-state index in [1.807, 2.05) is 42.5 Å². The molecule has 0 fully saturated rings. The van der Waals surface area contributed by atoms with Gasteiger partial charge in [-0.3, -0.25) is 4.55 Å². The van der Waals surface area contributed by atoms with E-state index in [9.17, 15) is 29.8 Å². The first kappa shape index (κ1) is 28.5. The fourth-order valence-electron chi connectivity index (χ4n) is 4.10. The first-order chi connectivity index (χ1) is 18.2. The molecule has 0 aliphatic carbocycles. The lowest BCUT2D eigenvalue weighted by Gasteiger charge is -2.26. The van der Waals surface area contributed by atoms with Crippen LogP contribution in [0.25, 0.3) is 0 Å². The highest BCUT2D eigenvalue weighted by molar-refractivity contribution is 8.06. The number of benzene rings is 4. The summed E-state index contributed by atoms with van der Waals surface area (Å²) in [5.41, 5.74) is 1.81. The van der Waals surface area contributed by atoms with Crippen molar-refractivity contribution in [2.24, 2.45) is 0 Å². The standard InChI is InChI=1S/C28H26O8S3/c1-28(2,21-9-5-3-6-10-21)22-13-15-23(16-14-22)36-24-17-18-26(39(34,35)25-11-7-4-8-12-25)27(19-24)37(29,30)20-38(31,32)33/h3-19H,20H2,1-2H3,(H,31,32,33). The topological polar surface area (TPSA) is 132 Å². The van der Waals surface area contributed by atoms with Gasteiger partial charge >= 0.3 is 0 Å². The third-order valence-corrected chi connectivity index (χ3v) is 11.6. The van der Waals surface area contributed by atoms with Crippen LogP contribution in [-0.4, -0.2) is 34.9 Å². The number of ether oxygens (including phenoxy) is 1. The molecule has 39 heavy (non-hydrogen) atoms. The molecule has 0 spiro atoms. The summed E-state index contributed by atoms with van der Waals surface area (Å²) in [5.74, 6) is 0.311. The van der Waals surface area contributed by atoms with Gasteiger partial charge in [-0.25, -0.2) is 16.8 Å². The van der Waals surface area contributed by atoms with Crippen LogP contribution in [0.1, 0.15) is 25.0 Å². The zero-order chi connectivity index (χ0) is 28.5. The summed E-state index contributed by atoms with van der Waals surface area (Å²) in [7, 11) is -14.2. The lowest BCUT2D eigenvalue weighted by molar-refractivity contribution is 0.478. The minimum absolute atomic E-state index is 0.0361. The average Bonchev–Trinajstić information content (AvgIpc) is 2.88. The second-order valence-corrected chi connectivity index (χ2v) is 15.1. The number of hydrogen-bond donors (Lipinski definition) is 1. The van der Waals surface area contributed by atoms with Crippen molar-refractivity contribution in [3.63, 3.8) is 0 Å². The molecule has 11 heteroatoms. The molecule has 8 nitrogen and oxygen atoms in total. The van der Waals surface area contributed by atoms with Gasteiger partial charge in [0.15, 0.2) is 14.9 Å². The van der Waals surface area contributed by atoms with Crippen molar-refractivity contribution in [3.05, 3.63) is 114 Å². The van der Waals surface area contributed by atoms with E-state index >= 15 is 0 Å². The molecule has 4 aromatic carbocycles. The molecule has 0 amide bonds. The first-order valence-corrected chi connectivity index (χ1v) is 16.4. The van der Waals surface area contributed by atoms with Crippen LogP contribution in [0.2, 0.25) is 0 Å². The molecule has 0 aromatic heterocycles. The summed E-state index contributed by atoms with van der Waals surface area (Å²) in [6.07, 6.45) is 0. The van der Waals surface area contributed by atoms with Gasteiger partial charge < -0.3 is 4.74 Å². The van der Waals surface area contributed by atoms with Gasteiger partial charge in [-0.15, -0.1) is 0 Å². The second-order valence-electron chi connectivity index (χ2n) is 9.36. The Morgan fingerprint density at radius 2 is 1.15 bits per heavy atom. The Hall–Kier alpha value is -3.51. The van der Waals surface area contributed by atoms with Gasteiger partial charge in [0.05, 0.1) is 14.7 Å². The summed E-state index contributed by atoms with van der Waals surface area (Å²) in [6.45, 7) is 4.16. The smallest absolute Gasteiger partial charge is 0.279 e. The van der Waals surface area contributed by atoms with E-state index in [4.69, 9.17) is 4.74 Å². The Labute approximate surface area is 228 Å². The number of sulfone groups is 2. The third-order valence-electron chi connectivity index (χ3n) is 6.20. The van der Waals surface area contributed by atoms with Crippen LogP contribution in [0.3, 0.4) is 0 Å². The van der Waals surface area contributed by atoms with Crippen molar-refractivity contribution in [2.45, 2.75) is 33.9 Å². The SMILES string of the molecule is CC(C)(c1ccccc1)c1ccc(Oc2ccc(S(=O)(=O)c3ccccc3)c(S(=O)(=O)CS(=O)(=O)O)c2)cc1. The van der Waals surface area contributed by atoms with Crippen LogP contribution >= 0.6 is 0 Å². The Kier molecular flexibility index (Phi) is 7.72. The largest absolute Gasteiger partial charge is 0.457 e. The molecular weight excluding hydrogens is 561 g/mol. The fourth-order valence-corrected chi connectivity index (χ4v) is 8.90. The predicted molar refractivity (Wildman–Crippen MR) is 147 cm³/mol. The fraction of sp³-hybridized carbons (Fsp3) is 0.143. The second kappa shape index (κ2) is 10.6. The molecule has 1 N–H and O–H groups in total. The van der Waals surface area contributed by atoms with E-state index in [1.54, 1.807) is 18.2 Å². The van der Waals surface area contributed by atoms with E-state index in [0.29, 0.717) is 5.75 Å². The van der Waals surface area contributed by atoms with Gasteiger partial charge in [0.1, 0.15) is 11.5 Å². The molecule has 0 saturated carbocycles. The summed E-state index contributed by atoms with van der Waals surface area (Å²) in [4.78, 5) is -1.62. The van der Waals surface area contributed by atoms with E-state index in [1.165, 1.54) is 30.3 Å². The molecular formula is C28H26O8S3. The van der Waals surface area contributed by atoms with Gasteiger partial charge in [0.25, 0.3) is 10.1 Å². The highest BCUT2D eigenvalue weighted by atomic mass is 32.3. The number of hydrogen-bond acceptors (Lipinski definition) is 7. The minimum Gasteiger partial charge on any atom is -0.457 e.